The van der Waals surface area contributed by atoms with Crippen molar-refractivity contribution in [3.63, 3.8) is 0 Å². The molecule has 3 atom stereocenters. The van der Waals surface area contributed by atoms with Gasteiger partial charge in [-0.15, -0.1) is 0 Å². The van der Waals surface area contributed by atoms with E-state index in [0.717, 1.165) is 5.56 Å². The van der Waals surface area contributed by atoms with Crippen molar-refractivity contribution in [3.8, 4) is 0 Å². The molecule has 6 heteroatoms. The molecule has 1 heterocycles. The van der Waals surface area contributed by atoms with Crippen molar-refractivity contribution in [2.24, 2.45) is 5.41 Å². The molecular formula is C21H31NO5. The zero-order valence-electron chi connectivity index (χ0n) is 17.5. The third kappa shape index (κ3) is 4.43. The number of ether oxygens (including phenoxy) is 3. The van der Waals surface area contributed by atoms with E-state index in [-0.39, 0.29) is 0 Å². The molecule has 1 saturated heterocycles. The van der Waals surface area contributed by atoms with Crippen molar-refractivity contribution in [3.05, 3.63) is 35.9 Å². The van der Waals surface area contributed by atoms with Crippen molar-refractivity contribution in [1.29, 1.82) is 0 Å². The molecule has 27 heavy (non-hydrogen) atoms. The maximum atomic E-state index is 12.9. The van der Waals surface area contributed by atoms with Crippen LogP contribution in [-0.2, 0) is 19.0 Å². The summed E-state index contributed by atoms with van der Waals surface area (Å²) in [5.41, 5.74) is -1.79. The van der Waals surface area contributed by atoms with Gasteiger partial charge in [0.1, 0.15) is 5.60 Å². The molecule has 1 aliphatic rings. The molecule has 2 rings (SSSR count). The van der Waals surface area contributed by atoms with Crippen LogP contribution < -0.4 is 5.32 Å². The van der Waals surface area contributed by atoms with Gasteiger partial charge in [0, 0.05) is 12.3 Å². The largest absolute Gasteiger partial charge is 0.444 e. The van der Waals surface area contributed by atoms with Gasteiger partial charge in [0.2, 0.25) is 5.79 Å². The Morgan fingerprint density at radius 3 is 2.07 bits per heavy atom. The van der Waals surface area contributed by atoms with Gasteiger partial charge in [-0.2, -0.15) is 0 Å². The van der Waals surface area contributed by atoms with Crippen LogP contribution in [0.4, 0.5) is 4.79 Å². The van der Waals surface area contributed by atoms with Gasteiger partial charge in [0.25, 0.3) is 0 Å². The number of rotatable bonds is 3. The van der Waals surface area contributed by atoms with Gasteiger partial charge in [0.15, 0.2) is 5.60 Å². The Morgan fingerprint density at radius 1 is 1.07 bits per heavy atom. The lowest BCUT2D eigenvalue weighted by Crippen LogP contribution is -2.51. The summed E-state index contributed by atoms with van der Waals surface area (Å²) in [6, 6.07) is 8.43. The fourth-order valence-corrected chi connectivity index (χ4v) is 2.84. The van der Waals surface area contributed by atoms with Gasteiger partial charge < -0.3 is 19.5 Å². The Morgan fingerprint density at radius 2 is 1.63 bits per heavy atom. The van der Waals surface area contributed by atoms with E-state index >= 15 is 0 Å². The molecular weight excluding hydrogens is 346 g/mol. The average Bonchev–Trinajstić information content (AvgIpc) is 2.75. The standard InChI is InChI=1S/C21H31NO5/c1-18(2,3)21(8)25-16(23)20(7,27-21)15(14-12-10-9-11-13-14)22-17(24)26-19(4,5)6/h9-13,15H,1-8H3,(H,22,24)/t15-,20-,21-/m1/s1. The first kappa shape index (κ1) is 21.2. The van der Waals surface area contributed by atoms with E-state index < -0.39 is 40.5 Å². The number of esters is 1. The second kappa shape index (κ2) is 6.82. The topological polar surface area (TPSA) is 73.9 Å². The minimum atomic E-state index is -1.40. The van der Waals surface area contributed by atoms with Crippen molar-refractivity contribution in [2.45, 2.75) is 78.4 Å². The van der Waals surface area contributed by atoms with Gasteiger partial charge >= 0.3 is 12.1 Å². The molecule has 1 amide bonds. The summed E-state index contributed by atoms with van der Waals surface area (Å²) in [6.07, 6.45) is -0.627. The van der Waals surface area contributed by atoms with E-state index in [2.05, 4.69) is 5.32 Å². The predicted octanol–water partition coefficient (Wildman–Crippen LogP) is 4.35. The molecule has 0 saturated carbocycles. The lowest BCUT2D eigenvalue weighted by molar-refractivity contribution is -0.233. The molecule has 0 bridgehead atoms. The average molecular weight is 377 g/mol. The highest BCUT2D eigenvalue weighted by molar-refractivity contribution is 5.84. The Balaban J connectivity index is 2.42. The number of cyclic esters (lactones) is 1. The molecule has 0 aromatic heterocycles. The Bertz CT molecular complexity index is 704. The number of hydrogen-bond acceptors (Lipinski definition) is 5. The Hall–Kier alpha value is -2.08. The number of benzene rings is 1. The fraction of sp³-hybridized carbons (Fsp3) is 0.619. The summed E-state index contributed by atoms with van der Waals surface area (Å²) in [5.74, 6) is -1.65. The minimum absolute atomic E-state index is 0.451. The molecule has 1 aromatic rings. The third-order valence-electron chi connectivity index (χ3n) is 4.81. The van der Waals surface area contributed by atoms with Crippen molar-refractivity contribution in [2.75, 3.05) is 0 Å². The lowest BCUT2D eigenvalue weighted by Gasteiger charge is -2.38. The zero-order valence-corrected chi connectivity index (χ0v) is 17.5. The van der Waals surface area contributed by atoms with Crippen LogP contribution in [0.5, 0.6) is 0 Å². The van der Waals surface area contributed by atoms with E-state index in [0.29, 0.717) is 0 Å². The monoisotopic (exact) mass is 377 g/mol. The quantitative estimate of drug-likeness (QED) is 0.793. The maximum absolute atomic E-state index is 12.9. The number of carbonyl (C=O) groups is 2. The highest BCUT2D eigenvalue weighted by atomic mass is 16.8. The minimum Gasteiger partial charge on any atom is -0.444 e. The first-order chi connectivity index (χ1) is 12.2. The van der Waals surface area contributed by atoms with Crippen LogP contribution in [0.15, 0.2) is 30.3 Å². The van der Waals surface area contributed by atoms with Gasteiger partial charge in [-0.3, -0.25) is 0 Å². The van der Waals surface area contributed by atoms with Crippen LogP contribution in [0.1, 0.15) is 67.0 Å². The van der Waals surface area contributed by atoms with E-state index in [9.17, 15) is 9.59 Å². The molecule has 1 N–H and O–H groups in total. The van der Waals surface area contributed by atoms with Crippen molar-refractivity contribution in [1.82, 2.24) is 5.32 Å². The van der Waals surface area contributed by atoms with E-state index in [1.165, 1.54) is 0 Å². The second-order valence-electron chi connectivity index (χ2n) is 9.28. The van der Waals surface area contributed by atoms with Crippen LogP contribution in [0.25, 0.3) is 0 Å². The molecule has 0 aliphatic carbocycles. The van der Waals surface area contributed by atoms with Crippen LogP contribution in [0.2, 0.25) is 0 Å². The zero-order chi connectivity index (χ0) is 20.7. The highest BCUT2D eigenvalue weighted by Crippen LogP contribution is 2.48. The van der Waals surface area contributed by atoms with Crippen LogP contribution in [0, 0.1) is 5.41 Å². The Kier molecular flexibility index (Phi) is 5.36. The van der Waals surface area contributed by atoms with E-state index in [4.69, 9.17) is 14.2 Å². The summed E-state index contributed by atoms with van der Waals surface area (Å²) in [4.78, 5) is 25.4. The smallest absolute Gasteiger partial charge is 0.408 e. The van der Waals surface area contributed by atoms with Gasteiger partial charge in [0.05, 0.1) is 6.04 Å². The number of hydrogen-bond donors (Lipinski definition) is 1. The van der Waals surface area contributed by atoms with Crippen molar-refractivity contribution >= 4 is 12.1 Å². The van der Waals surface area contributed by atoms with Gasteiger partial charge in [-0.25, -0.2) is 9.59 Å². The molecule has 1 aromatic carbocycles. The molecule has 0 radical (unpaired) electrons. The number of nitrogens with one attached hydrogen (secondary N) is 1. The van der Waals surface area contributed by atoms with Gasteiger partial charge in [-0.1, -0.05) is 51.1 Å². The Labute approximate surface area is 161 Å². The molecule has 0 unspecified atom stereocenters. The number of alkyl carbamates (subject to hydrolysis) is 1. The number of carbonyl (C=O) groups excluding carboxylic acids is 2. The summed E-state index contributed by atoms with van der Waals surface area (Å²) in [7, 11) is 0. The summed E-state index contributed by atoms with van der Waals surface area (Å²) >= 11 is 0. The molecule has 0 spiro atoms. The highest BCUT2D eigenvalue weighted by Gasteiger charge is 2.61. The van der Waals surface area contributed by atoms with Crippen LogP contribution in [-0.4, -0.2) is 29.1 Å². The van der Waals surface area contributed by atoms with Crippen molar-refractivity contribution < 1.29 is 23.8 Å². The maximum Gasteiger partial charge on any atom is 0.408 e. The number of amides is 1. The third-order valence-corrected chi connectivity index (χ3v) is 4.81. The first-order valence-electron chi connectivity index (χ1n) is 9.16. The van der Waals surface area contributed by atoms with Gasteiger partial charge in [-0.05, 0) is 33.3 Å². The summed E-state index contributed by atoms with van der Waals surface area (Å²) in [5, 5.41) is 2.80. The van der Waals surface area contributed by atoms with Crippen LogP contribution in [0.3, 0.4) is 0 Å². The van der Waals surface area contributed by atoms with E-state index in [1.54, 1.807) is 34.6 Å². The summed E-state index contributed by atoms with van der Waals surface area (Å²) in [6.45, 7) is 14.5. The molecule has 6 nitrogen and oxygen atoms in total. The fourth-order valence-electron chi connectivity index (χ4n) is 2.84. The van der Waals surface area contributed by atoms with Crippen LogP contribution >= 0.6 is 0 Å². The molecule has 1 fully saturated rings. The normalized spacial score (nSPS) is 27.0. The SMILES string of the molecule is CC(C)(C)OC(=O)N[C@H](c1ccccc1)[C@@]1(C)O[C@](C)(C(C)(C)C)OC1=O. The predicted molar refractivity (Wildman–Crippen MR) is 102 cm³/mol. The first-order valence-corrected chi connectivity index (χ1v) is 9.16. The van der Waals surface area contributed by atoms with E-state index in [1.807, 2.05) is 51.1 Å². The lowest BCUT2D eigenvalue weighted by atomic mass is 9.86. The second-order valence-corrected chi connectivity index (χ2v) is 9.28. The summed E-state index contributed by atoms with van der Waals surface area (Å²) < 4.78 is 17.3. The molecule has 150 valence electrons. The molecule has 1 aliphatic heterocycles.